The molecule has 19 heavy (non-hydrogen) atoms. The van der Waals surface area contributed by atoms with Crippen LogP contribution in [-0.2, 0) is 9.53 Å². The Kier molecular flexibility index (Phi) is 6.22. The second kappa shape index (κ2) is 7.21. The van der Waals surface area contributed by atoms with Gasteiger partial charge in [-0.25, -0.2) is 0 Å². The quantitative estimate of drug-likeness (QED) is 0.267. The number of benzene rings is 1. The molecule has 0 radical (unpaired) electrons. The van der Waals surface area contributed by atoms with Crippen LogP contribution in [0.15, 0.2) is 21.1 Å². The van der Waals surface area contributed by atoms with E-state index in [9.17, 15) is 14.4 Å². The lowest BCUT2D eigenvalue weighted by Crippen LogP contribution is -2.27. The van der Waals surface area contributed by atoms with Crippen molar-refractivity contribution in [3.05, 3.63) is 32.2 Å². The number of hydrogen-bond donors (Lipinski definition) is 1. The lowest BCUT2D eigenvalue weighted by Gasteiger charge is -2.11. The number of halogens is 2. The van der Waals surface area contributed by atoms with E-state index in [0.717, 1.165) is 0 Å². The molecule has 0 fully saturated rings. The normalized spacial score (nSPS) is 11.8. The highest BCUT2D eigenvalue weighted by atomic mass is 79.9. The molecular weight excluding hydrogens is 400 g/mol. The molecule has 4 nitrogen and oxygen atoms in total. The standard InChI is InChI=1S/C12H10Br2O4S/c1-2-18-12(17)11(19)10(16)7-4-8(13)6(5-15)3-9(7)14/h3-5,11,19H,2H2,1H3. The predicted molar refractivity (Wildman–Crippen MR) is 81.0 cm³/mol. The molecular formula is C12H10Br2O4S. The van der Waals surface area contributed by atoms with Crippen molar-refractivity contribution >= 4 is 62.5 Å². The molecule has 0 bridgehead atoms. The van der Waals surface area contributed by atoms with Gasteiger partial charge in [0.25, 0.3) is 0 Å². The molecule has 0 heterocycles. The summed E-state index contributed by atoms with van der Waals surface area (Å²) in [6.45, 7) is 1.83. The molecule has 0 amide bonds. The largest absolute Gasteiger partial charge is 0.465 e. The summed E-state index contributed by atoms with van der Waals surface area (Å²) in [5.74, 6) is -1.19. The van der Waals surface area contributed by atoms with Gasteiger partial charge < -0.3 is 4.74 Å². The molecule has 0 aromatic heterocycles. The van der Waals surface area contributed by atoms with Crippen molar-refractivity contribution in [3.63, 3.8) is 0 Å². The van der Waals surface area contributed by atoms with E-state index in [0.29, 0.717) is 20.8 Å². The van der Waals surface area contributed by atoms with Crippen molar-refractivity contribution in [1.29, 1.82) is 0 Å². The maximum absolute atomic E-state index is 12.1. The summed E-state index contributed by atoms with van der Waals surface area (Å²) in [7, 11) is 0. The number of rotatable bonds is 5. The second-order valence-electron chi connectivity index (χ2n) is 3.49. The van der Waals surface area contributed by atoms with Gasteiger partial charge in [0.05, 0.1) is 6.61 Å². The van der Waals surface area contributed by atoms with Crippen LogP contribution in [0.2, 0.25) is 0 Å². The van der Waals surface area contributed by atoms with E-state index in [1.807, 2.05) is 0 Å². The summed E-state index contributed by atoms with van der Waals surface area (Å²) in [6, 6.07) is 2.97. The van der Waals surface area contributed by atoms with Crippen LogP contribution in [0.4, 0.5) is 0 Å². The van der Waals surface area contributed by atoms with Crippen molar-refractivity contribution < 1.29 is 19.1 Å². The molecule has 7 heteroatoms. The lowest BCUT2D eigenvalue weighted by atomic mass is 10.1. The van der Waals surface area contributed by atoms with Gasteiger partial charge in [-0.3, -0.25) is 14.4 Å². The molecule has 1 atom stereocenters. The first-order valence-electron chi connectivity index (χ1n) is 5.25. The third-order valence-electron chi connectivity index (χ3n) is 2.24. The third kappa shape index (κ3) is 3.90. The number of carbonyl (C=O) groups is 3. The molecule has 0 saturated heterocycles. The van der Waals surface area contributed by atoms with Crippen molar-refractivity contribution in [1.82, 2.24) is 0 Å². The van der Waals surface area contributed by atoms with Crippen LogP contribution in [0.5, 0.6) is 0 Å². The number of thiol groups is 1. The summed E-state index contributed by atoms with van der Waals surface area (Å²) >= 11 is 10.3. The Balaban J connectivity index is 3.10. The van der Waals surface area contributed by atoms with Gasteiger partial charge in [-0.2, -0.15) is 12.6 Å². The zero-order chi connectivity index (χ0) is 14.6. The van der Waals surface area contributed by atoms with Crippen molar-refractivity contribution in [2.75, 3.05) is 6.61 Å². The SMILES string of the molecule is CCOC(=O)C(S)C(=O)c1cc(Br)c(C=O)cc1Br. The molecule has 0 aliphatic carbocycles. The van der Waals surface area contributed by atoms with Crippen LogP contribution in [0.25, 0.3) is 0 Å². The van der Waals surface area contributed by atoms with Crippen LogP contribution in [0.3, 0.4) is 0 Å². The van der Waals surface area contributed by atoms with Gasteiger partial charge in [0.1, 0.15) is 0 Å². The second-order valence-corrected chi connectivity index (χ2v) is 5.72. The fourth-order valence-electron chi connectivity index (χ4n) is 1.32. The topological polar surface area (TPSA) is 60.4 Å². The molecule has 1 unspecified atom stereocenters. The van der Waals surface area contributed by atoms with E-state index >= 15 is 0 Å². The number of ketones is 1. The van der Waals surface area contributed by atoms with E-state index in [1.165, 1.54) is 12.1 Å². The van der Waals surface area contributed by atoms with Gasteiger partial charge in [0.2, 0.25) is 0 Å². The Hall–Kier alpha value is -0.660. The summed E-state index contributed by atoms with van der Waals surface area (Å²) < 4.78 is 5.64. The Morgan fingerprint density at radius 2 is 2.00 bits per heavy atom. The van der Waals surface area contributed by atoms with Crippen molar-refractivity contribution in [2.24, 2.45) is 0 Å². The Labute approximate surface area is 132 Å². The summed E-state index contributed by atoms with van der Waals surface area (Å²) in [4.78, 5) is 34.4. The highest BCUT2D eigenvalue weighted by molar-refractivity contribution is 9.11. The molecule has 0 spiro atoms. The van der Waals surface area contributed by atoms with Gasteiger partial charge in [0, 0.05) is 20.1 Å². The van der Waals surface area contributed by atoms with Crippen LogP contribution < -0.4 is 0 Å². The number of ether oxygens (including phenoxy) is 1. The molecule has 0 N–H and O–H groups in total. The predicted octanol–water partition coefficient (Wildman–Crippen LogP) is 3.07. The number of hydrogen-bond acceptors (Lipinski definition) is 5. The zero-order valence-electron chi connectivity index (χ0n) is 9.85. The molecule has 1 aromatic carbocycles. The molecule has 0 aliphatic heterocycles. The van der Waals surface area contributed by atoms with E-state index in [1.54, 1.807) is 6.92 Å². The van der Waals surface area contributed by atoms with E-state index < -0.39 is 17.0 Å². The minimum atomic E-state index is -1.19. The van der Waals surface area contributed by atoms with Gasteiger partial charge in [-0.1, -0.05) is 31.9 Å². The summed E-state index contributed by atoms with van der Waals surface area (Å²) in [6.07, 6.45) is 0.659. The third-order valence-corrected chi connectivity index (χ3v) is 4.03. The minimum absolute atomic E-state index is 0.179. The summed E-state index contributed by atoms with van der Waals surface area (Å²) in [5.41, 5.74) is 0.654. The Morgan fingerprint density at radius 1 is 1.37 bits per heavy atom. The molecule has 0 saturated carbocycles. The van der Waals surface area contributed by atoms with Gasteiger partial charge in [-0.05, 0) is 19.1 Å². The molecule has 102 valence electrons. The highest BCUT2D eigenvalue weighted by Crippen LogP contribution is 2.27. The average Bonchev–Trinajstić information content (AvgIpc) is 2.39. The highest BCUT2D eigenvalue weighted by Gasteiger charge is 2.27. The van der Waals surface area contributed by atoms with Crippen molar-refractivity contribution in [2.45, 2.75) is 12.2 Å². The van der Waals surface area contributed by atoms with Crippen LogP contribution in [0, 0.1) is 0 Å². The summed E-state index contributed by atoms with van der Waals surface area (Å²) in [5, 5.41) is -1.19. The first-order valence-corrected chi connectivity index (χ1v) is 7.35. The average molecular weight is 410 g/mol. The minimum Gasteiger partial charge on any atom is -0.465 e. The maximum Gasteiger partial charge on any atom is 0.326 e. The molecule has 1 rings (SSSR count). The number of carbonyl (C=O) groups excluding carboxylic acids is 3. The fraction of sp³-hybridized carbons (Fsp3) is 0.250. The monoisotopic (exact) mass is 408 g/mol. The van der Waals surface area contributed by atoms with Crippen LogP contribution in [-0.4, -0.2) is 29.9 Å². The van der Waals surface area contributed by atoms with E-state index in [-0.39, 0.29) is 12.2 Å². The Bertz CT molecular complexity index is 531. The van der Waals surface area contributed by atoms with Crippen LogP contribution in [0.1, 0.15) is 27.6 Å². The zero-order valence-corrected chi connectivity index (χ0v) is 13.9. The van der Waals surface area contributed by atoms with E-state index in [4.69, 9.17) is 4.74 Å². The first kappa shape index (κ1) is 16.4. The first-order chi connectivity index (χ1) is 8.92. The molecule has 0 aliphatic rings. The Morgan fingerprint density at radius 3 is 2.53 bits per heavy atom. The lowest BCUT2D eigenvalue weighted by molar-refractivity contribution is -0.141. The van der Waals surface area contributed by atoms with Crippen LogP contribution >= 0.6 is 44.5 Å². The van der Waals surface area contributed by atoms with Gasteiger partial charge in [-0.15, -0.1) is 0 Å². The number of aldehydes is 1. The number of Topliss-reactive ketones (excluding diaryl/α,β-unsaturated/α-hetero) is 1. The smallest absolute Gasteiger partial charge is 0.326 e. The fourth-order valence-corrected chi connectivity index (χ4v) is 2.52. The van der Waals surface area contributed by atoms with Gasteiger partial charge in [0.15, 0.2) is 17.3 Å². The molecule has 1 aromatic rings. The maximum atomic E-state index is 12.1. The van der Waals surface area contributed by atoms with Crippen molar-refractivity contribution in [3.8, 4) is 0 Å². The number of esters is 1. The van der Waals surface area contributed by atoms with Gasteiger partial charge >= 0.3 is 5.97 Å². The van der Waals surface area contributed by atoms with E-state index in [2.05, 4.69) is 44.5 Å².